The van der Waals surface area contributed by atoms with E-state index in [2.05, 4.69) is 14.6 Å². The van der Waals surface area contributed by atoms with E-state index in [4.69, 9.17) is 11.6 Å². The molecule has 0 radical (unpaired) electrons. The Kier molecular flexibility index (Phi) is 4.29. The first kappa shape index (κ1) is 13.4. The number of sulfonamides is 1. The fourth-order valence-corrected chi connectivity index (χ4v) is 3.31. The van der Waals surface area contributed by atoms with E-state index in [1.165, 1.54) is 12.8 Å². The van der Waals surface area contributed by atoms with Crippen molar-refractivity contribution in [1.29, 1.82) is 0 Å². The maximum Gasteiger partial charge on any atom is 0.233 e. The average Bonchev–Trinajstić information content (AvgIpc) is 2.82. The van der Waals surface area contributed by atoms with Crippen molar-refractivity contribution in [3.05, 3.63) is 18.3 Å². The second kappa shape index (κ2) is 5.75. The Labute approximate surface area is 112 Å². The van der Waals surface area contributed by atoms with Gasteiger partial charge in [0.05, 0.1) is 17.6 Å². The molecule has 0 unspecified atom stereocenters. The molecule has 1 aromatic rings. The molecule has 2 rings (SSSR count). The van der Waals surface area contributed by atoms with Crippen LogP contribution >= 0.6 is 11.6 Å². The summed E-state index contributed by atoms with van der Waals surface area (Å²) in [6.45, 7) is 2.04. The Bertz CT molecular complexity index is 484. The summed E-state index contributed by atoms with van der Waals surface area (Å²) >= 11 is 5.42. The van der Waals surface area contributed by atoms with Gasteiger partial charge in [0.1, 0.15) is 5.82 Å². The summed E-state index contributed by atoms with van der Waals surface area (Å²) in [4.78, 5) is 6.46. The lowest BCUT2D eigenvalue weighted by atomic mass is 10.4. The van der Waals surface area contributed by atoms with E-state index >= 15 is 0 Å². The van der Waals surface area contributed by atoms with Crippen molar-refractivity contribution in [2.45, 2.75) is 12.8 Å². The van der Waals surface area contributed by atoms with E-state index in [1.54, 1.807) is 12.3 Å². The molecule has 2 heterocycles. The number of pyridine rings is 1. The van der Waals surface area contributed by atoms with Gasteiger partial charge in [-0.1, -0.05) is 0 Å². The molecule has 0 saturated carbocycles. The third-order valence-corrected chi connectivity index (χ3v) is 4.50. The summed E-state index contributed by atoms with van der Waals surface area (Å²) in [5.74, 6) is 0.879. The van der Waals surface area contributed by atoms with E-state index in [9.17, 15) is 8.42 Å². The first-order valence-electron chi connectivity index (χ1n) is 5.88. The lowest BCUT2D eigenvalue weighted by Gasteiger charge is -2.16. The summed E-state index contributed by atoms with van der Waals surface area (Å²) in [6, 6.07) is 3.57. The van der Waals surface area contributed by atoms with Crippen LogP contribution < -0.4 is 9.62 Å². The van der Waals surface area contributed by atoms with Gasteiger partial charge >= 0.3 is 0 Å². The van der Waals surface area contributed by atoms with Gasteiger partial charge in [0.15, 0.2) is 0 Å². The van der Waals surface area contributed by atoms with Crippen LogP contribution in [0.25, 0.3) is 0 Å². The van der Waals surface area contributed by atoms with Gasteiger partial charge in [-0.2, -0.15) is 0 Å². The molecular weight excluding hydrogens is 274 g/mol. The molecule has 0 bridgehead atoms. The van der Waals surface area contributed by atoms with Crippen molar-refractivity contribution in [1.82, 2.24) is 4.98 Å². The van der Waals surface area contributed by atoms with Crippen molar-refractivity contribution in [2.24, 2.45) is 0 Å². The van der Waals surface area contributed by atoms with Crippen molar-refractivity contribution < 1.29 is 8.42 Å². The van der Waals surface area contributed by atoms with Crippen LogP contribution in [0, 0.1) is 0 Å². The van der Waals surface area contributed by atoms with Crippen molar-refractivity contribution in [2.75, 3.05) is 34.3 Å². The van der Waals surface area contributed by atoms with Gasteiger partial charge in [0.25, 0.3) is 0 Å². The fraction of sp³-hybridized carbons (Fsp3) is 0.545. The zero-order valence-corrected chi connectivity index (χ0v) is 11.5. The van der Waals surface area contributed by atoms with E-state index in [-0.39, 0.29) is 11.6 Å². The minimum atomic E-state index is -3.35. The summed E-state index contributed by atoms with van der Waals surface area (Å²) in [5.41, 5.74) is 0.475. The number of halogens is 1. The quantitative estimate of drug-likeness (QED) is 0.838. The van der Waals surface area contributed by atoms with E-state index in [0.717, 1.165) is 18.9 Å². The second-order valence-corrected chi connectivity index (χ2v) is 6.43. The molecule has 5 nitrogen and oxygen atoms in total. The predicted octanol–water partition coefficient (Wildman–Crippen LogP) is 1.66. The van der Waals surface area contributed by atoms with Gasteiger partial charge in [-0.05, 0) is 25.0 Å². The molecule has 1 N–H and O–H groups in total. The predicted molar refractivity (Wildman–Crippen MR) is 73.8 cm³/mol. The number of hydrogen-bond acceptors (Lipinski definition) is 4. The first-order valence-corrected chi connectivity index (χ1v) is 8.07. The number of anilines is 2. The van der Waals surface area contributed by atoms with Crippen LogP contribution in [0.4, 0.5) is 11.5 Å². The highest BCUT2D eigenvalue weighted by Gasteiger charge is 2.14. The highest BCUT2D eigenvalue weighted by molar-refractivity contribution is 7.92. The maximum absolute atomic E-state index is 11.5. The summed E-state index contributed by atoms with van der Waals surface area (Å²) in [5, 5.41) is 0. The molecule has 1 aliphatic rings. The topological polar surface area (TPSA) is 62.3 Å². The lowest BCUT2D eigenvalue weighted by Crippen LogP contribution is -2.20. The zero-order chi connectivity index (χ0) is 13.0. The van der Waals surface area contributed by atoms with Crippen molar-refractivity contribution >= 4 is 33.1 Å². The molecule has 1 saturated heterocycles. The minimum Gasteiger partial charge on any atom is -0.357 e. The van der Waals surface area contributed by atoms with E-state index in [0.29, 0.717) is 5.69 Å². The highest BCUT2D eigenvalue weighted by Crippen LogP contribution is 2.19. The van der Waals surface area contributed by atoms with E-state index < -0.39 is 10.0 Å². The van der Waals surface area contributed by atoms with Gasteiger partial charge in [0.2, 0.25) is 10.0 Å². The molecule has 0 amide bonds. The van der Waals surface area contributed by atoms with Gasteiger partial charge in [-0.25, -0.2) is 13.4 Å². The number of nitrogens with one attached hydrogen (secondary N) is 1. The SMILES string of the molecule is O=S(=O)(CCCl)Nc1ccc(N2CCCC2)nc1. The van der Waals surface area contributed by atoms with Gasteiger partial charge < -0.3 is 4.90 Å². The summed E-state index contributed by atoms with van der Waals surface area (Å²) in [6.07, 6.45) is 3.91. The first-order chi connectivity index (χ1) is 8.61. The molecule has 0 aromatic carbocycles. The fourth-order valence-electron chi connectivity index (χ4n) is 1.91. The maximum atomic E-state index is 11.5. The third kappa shape index (κ3) is 3.49. The third-order valence-electron chi connectivity index (χ3n) is 2.80. The number of hydrogen-bond donors (Lipinski definition) is 1. The summed E-state index contributed by atoms with van der Waals surface area (Å²) in [7, 11) is -3.35. The molecule has 1 fully saturated rings. The molecule has 0 atom stereocenters. The normalized spacial score (nSPS) is 15.9. The Hall–Kier alpha value is -1.01. The molecule has 1 aromatic heterocycles. The molecular formula is C11H16ClN3O2S. The largest absolute Gasteiger partial charge is 0.357 e. The second-order valence-electron chi connectivity index (χ2n) is 4.21. The number of alkyl halides is 1. The van der Waals surface area contributed by atoms with Crippen LogP contribution in [0.1, 0.15) is 12.8 Å². The Morgan fingerprint density at radius 3 is 2.61 bits per heavy atom. The minimum absolute atomic E-state index is 0.0780. The molecule has 1 aliphatic heterocycles. The van der Waals surface area contributed by atoms with Crippen molar-refractivity contribution in [3.8, 4) is 0 Å². The molecule has 0 aliphatic carbocycles. The van der Waals surface area contributed by atoms with E-state index in [1.807, 2.05) is 6.07 Å². The lowest BCUT2D eigenvalue weighted by molar-refractivity contribution is 0.602. The van der Waals surface area contributed by atoms with Crippen LogP contribution in [-0.4, -0.2) is 38.1 Å². The molecule has 100 valence electrons. The Balaban J connectivity index is 2.03. The summed E-state index contributed by atoms with van der Waals surface area (Å²) < 4.78 is 25.5. The molecule has 7 heteroatoms. The number of rotatable bonds is 5. The standard InChI is InChI=1S/C11H16ClN3O2S/c12-5-8-18(16,17)14-10-3-4-11(13-9-10)15-6-1-2-7-15/h3-4,9,14H,1-2,5-8H2. The van der Waals surface area contributed by atoms with Crippen LogP contribution in [-0.2, 0) is 10.0 Å². The van der Waals surface area contributed by atoms with Crippen LogP contribution in [0.2, 0.25) is 0 Å². The average molecular weight is 290 g/mol. The van der Waals surface area contributed by atoms with Gasteiger partial charge in [-0.3, -0.25) is 4.72 Å². The molecule has 18 heavy (non-hydrogen) atoms. The Morgan fingerprint density at radius 1 is 1.33 bits per heavy atom. The zero-order valence-electron chi connectivity index (χ0n) is 9.97. The van der Waals surface area contributed by atoms with Crippen molar-refractivity contribution in [3.63, 3.8) is 0 Å². The van der Waals surface area contributed by atoms with Gasteiger partial charge in [-0.15, -0.1) is 11.6 Å². The number of nitrogens with zero attached hydrogens (tertiary/aromatic N) is 2. The van der Waals surface area contributed by atoms with Crippen LogP contribution in [0.15, 0.2) is 18.3 Å². The highest BCUT2D eigenvalue weighted by atomic mass is 35.5. The number of aromatic nitrogens is 1. The van der Waals surface area contributed by atoms with Gasteiger partial charge in [0, 0.05) is 19.0 Å². The monoisotopic (exact) mass is 289 g/mol. The Morgan fingerprint density at radius 2 is 2.06 bits per heavy atom. The van der Waals surface area contributed by atoms with Crippen LogP contribution in [0.3, 0.4) is 0 Å². The molecule has 0 spiro atoms. The van der Waals surface area contributed by atoms with Crippen LogP contribution in [0.5, 0.6) is 0 Å². The smallest absolute Gasteiger partial charge is 0.233 e.